The van der Waals surface area contributed by atoms with E-state index < -0.39 is 0 Å². The fourth-order valence-electron chi connectivity index (χ4n) is 1.44. The normalized spacial score (nSPS) is 12.4. The van der Waals surface area contributed by atoms with Crippen LogP contribution in [0.4, 0.5) is 0 Å². The molecule has 1 rings (SSSR count). The lowest BCUT2D eigenvalue weighted by molar-refractivity contribution is 0.0963. The summed E-state index contributed by atoms with van der Waals surface area (Å²) < 4.78 is 0. The molecule has 0 heterocycles. The maximum Gasteiger partial charge on any atom is 0.163 e. The molecule has 14 heavy (non-hydrogen) atoms. The zero-order chi connectivity index (χ0) is 10.4. The summed E-state index contributed by atoms with van der Waals surface area (Å²) in [5.74, 6) is 0.597. The number of benzene rings is 1. The van der Waals surface area contributed by atoms with Crippen LogP contribution in [-0.2, 0) is 0 Å². The van der Waals surface area contributed by atoms with Crippen LogP contribution < -0.4 is 5.73 Å². The lowest BCUT2D eigenvalue weighted by atomic mass is 9.97. The predicted octanol–water partition coefficient (Wildman–Crippen LogP) is 2.24. The first kappa shape index (κ1) is 10.9. The van der Waals surface area contributed by atoms with E-state index in [4.69, 9.17) is 5.73 Å². The summed E-state index contributed by atoms with van der Waals surface area (Å²) in [6.45, 7) is 2.72. The molecule has 76 valence electrons. The van der Waals surface area contributed by atoms with Gasteiger partial charge in [-0.3, -0.25) is 4.79 Å². The largest absolute Gasteiger partial charge is 0.330 e. The summed E-state index contributed by atoms with van der Waals surface area (Å²) in [4.78, 5) is 11.7. The van der Waals surface area contributed by atoms with Crippen LogP contribution in [0.1, 0.15) is 30.1 Å². The van der Waals surface area contributed by atoms with Gasteiger partial charge in [0.15, 0.2) is 5.78 Å². The van der Waals surface area contributed by atoms with Crippen LogP contribution in [0.3, 0.4) is 0 Å². The van der Waals surface area contributed by atoms with Crippen LogP contribution in [0.2, 0.25) is 0 Å². The highest BCUT2D eigenvalue weighted by atomic mass is 16.1. The fraction of sp³-hybridized carbons (Fsp3) is 0.417. The Labute approximate surface area is 85.1 Å². The molecule has 2 N–H and O–H groups in total. The Bertz CT molecular complexity index is 282. The van der Waals surface area contributed by atoms with Crippen LogP contribution >= 0.6 is 0 Å². The minimum atomic E-state index is 0.214. The second-order valence-electron chi connectivity index (χ2n) is 3.68. The number of nitrogens with two attached hydrogens (primary N) is 1. The van der Waals surface area contributed by atoms with E-state index in [1.165, 1.54) is 0 Å². The first-order chi connectivity index (χ1) is 6.74. The van der Waals surface area contributed by atoms with E-state index in [9.17, 15) is 4.79 Å². The van der Waals surface area contributed by atoms with Gasteiger partial charge >= 0.3 is 0 Å². The molecule has 0 aliphatic rings. The average molecular weight is 191 g/mol. The highest BCUT2D eigenvalue weighted by Gasteiger charge is 2.09. The van der Waals surface area contributed by atoms with Crippen LogP contribution in [-0.4, -0.2) is 12.3 Å². The van der Waals surface area contributed by atoms with Crippen molar-refractivity contribution < 1.29 is 4.79 Å². The summed E-state index contributed by atoms with van der Waals surface area (Å²) in [6, 6.07) is 9.41. The number of rotatable bonds is 5. The molecule has 0 fully saturated rings. The van der Waals surface area contributed by atoms with Gasteiger partial charge in [-0.1, -0.05) is 37.3 Å². The standard InChI is InChI=1S/C12H17NO/c1-10(7-8-13)9-12(14)11-5-3-2-4-6-11/h2-6,10H,7-9,13H2,1H3. The SMILES string of the molecule is CC(CCN)CC(=O)c1ccccc1. The van der Waals surface area contributed by atoms with Crippen molar-refractivity contribution in [2.45, 2.75) is 19.8 Å². The van der Waals surface area contributed by atoms with Crippen LogP contribution in [0, 0.1) is 5.92 Å². The molecule has 1 aromatic carbocycles. The summed E-state index contributed by atoms with van der Waals surface area (Å²) in [5, 5.41) is 0. The third-order valence-corrected chi connectivity index (χ3v) is 2.29. The monoisotopic (exact) mass is 191 g/mol. The zero-order valence-corrected chi connectivity index (χ0v) is 8.57. The minimum Gasteiger partial charge on any atom is -0.330 e. The predicted molar refractivity (Wildman–Crippen MR) is 58.2 cm³/mol. The molecule has 0 radical (unpaired) electrons. The highest BCUT2D eigenvalue weighted by Crippen LogP contribution is 2.11. The molecule has 0 saturated heterocycles. The zero-order valence-electron chi connectivity index (χ0n) is 8.57. The minimum absolute atomic E-state index is 0.214. The number of hydrogen-bond acceptors (Lipinski definition) is 2. The second-order valence-corrected chi connectivity index (χ2v) is 3.68. The van der Waals surface area contributed by atoms with Crippen LogP contribution in [0.25, 0.3) is 0 Å². The van der Waals surface area contributed by atoms with Crippen molar-refractivity contribution >= 4 is 5.78 Å². The topological polar surface area (TPSA) is 43.1 Å². The van der Waals surface area contributed by atoms with Gasteiger partial charge in [0.1, 0.15) is 0 Å². The van der Waals surface area contributed by atoms with Gasteiger partial charge in [-0.25, -0.2) is 0 Å². The lowest BCUT2D eigenvalue weighted by Gasteiger charge is -2.08. The molecular weight excluding hydrogens is 174 g/mol. The maximum absolute atomic E-state index is 11.7. The molecule has 1 unspecified atom stereocenters. The van der Waals surface area contributed by atoms with Crippen molar-refractivity contribution in [3.05, 3.63) is 35.9 Å². The van der Waals surface area contributed by atoms with Gasteiger partial charge in [0, 0.05) is 12.0 Å². The van der Waals surface area contributed by atoms with E-state index >= 15 is 0 Å². The van der Waals surface area contributed by atoms with Gasteiger partial charge in [0.2, 0.25) is 0 Å². The molecule has 0 aromatic heterocycles. The molecule has 1 aromatic rings. The van der Waals surface area contributed by atoms with Crippen molar-refractivity contribution in [2.75, 3.05) is 6.54 Å². The first-order valence-corrected chi connectivity index (χ1v) is 5.02. The molecule has 0 amide bonds. The molecule has 2 heteroatoms. The summed E-state index contributed by atoms with van der Waals surface area (Å²) in [7, 11) is 0. The van der Waals surface area contributed by atoms with E-state index in [0.29, 0.717) is 18.9 Å². The molecule has 0 saturated carbocycles. The third-order valence-electron chi connectivity index (χ3n) is 2.29. The van der Waals surface area contributed by atoms with Crippen molar-refractivity contribution in [1.82, 2.24) is 0 Å². The Morgan fingerprint density at radius 1 is 1.36 bits per heavy atom. The van der Waals surface area contributed by atoms with Gasteiger partial charge in [0.05, 0.1) is 0 Å². The summed E-state index contributed by atoms with van der Waals surface area (Å²) in [6.07, 6.45) is 1.51. The molecule has 0 aliphatic heterocycles. The molecule has 0 aliphatic carbocycles. The highest BCUT2D eigenvalue weighted by molar-refractivity contribution is 5.96. The van der Waals surface area contributed by atoms with E-state index in [1.54, 1.807) is 0 Å². The number of carbonyl (C=O) groups is 1. The van der Waals surface area contributed by atoms with Crippen LogP contribution in [0.5, 0.6) is 0 Å². The van der Waals surface area contributed by atoms with Gasteiger partial charge in [-0.2, -0.15) is 0 Å². The number of hydrogen-bond donors (Lipinski definition) is 1. The molecule has 0 spiro atoms. The molecular formula is C12H17NO. The number of ketones is 1. The fourth-order valence-corrected chi connectivity index (χ4v) is 1.44. The Kier molecular flexibility index (Phi) is 4.33. The van der Waals surface area contributed by atoms with Gasteiger partial charge < -0.3 is 5.73 Å². The first-order valence-electron chi connectivity index (χ1n) is 5.02. The van der Waals surface area contributed by atoms with Crippen molar-refractivity contribution in [3.8, 4) is 0 Å². The Morgan fingerprint density at radius 2 is 2.00 bits per heavy atom. The Hall–Kier alpha value is -1.15. The van der Waals surface area contributed by atoms with Gasteiger partial charge in [-0.15, -0.1) is 0 Å². The number of Topliss-reactive ketones (excluding diaryl/α,β-unsaturated/α-hetero) is 1. The van der Waals surface area contributed by atoms with Crippen LogP contribution in [0.15, 0.2) is 30.3 Å². The van der Waals surface area contributed by atoms with Gasteiger partial charge in [-0.05, 0) is 18.9 Å². The number of carbonyl (C=O) groups excluding carboxylic acids is 1. The molecule has 2 nitrogen and oxygen atoms in total. The van der Waals surface area contributed by atoms with Crippen molar-refractivity contribution in [2.24, 2.45) is 11.7 Å². The van der Waals surface area contributed by atoms with Crippen molar-refractivity contribution in [1.29, 1.82) is 0 Å². The lowest BCUT2D eigenvalue weighted by Crippen LogP contribution is -2.10. The van der Waals surface area contributed by atoms with E-state index in [0.717, 1.165) is 12.0 Å². The summed E-state index contributed by atoms with van der Waals surface area (Å²) in [5.41, 5.74) is 6.23. The third kappa shape index (κ3) is 3.30. The summed E-state index contributed by atoms with van der Waals surface area (Å²) >= 11 is 0. The quantitative estimate of drug-likeness (QED) is 0.725. The van der Waals surface area contributed by atoms with E-state index in [-0.39, 0.29) is 5.78 Å². The average Bonchev–Trinajstić information content (AvgIpc) is 2.19. The smallest absolute Gasteiger partial charge is 0.163 e. The van der Waals surface area contributed by atoms with Gasteiger partial charge in [0.25, 0.3) is 0 Å². The molecule has 0 bridgehead atoms. The van der Waals surface area contributed by atoms with E-state index in [2.05, 4.69) is 6.92 Å². The van der Waals surface area contributed by atoms with E-state index in [1.807, 2.05) is 30.3 Å². The van der Waals surface area contributed by atoms with Crippen molar-refractivity contribution in [3.63, 3.8) is 0 Å². The Balaban J connectivity index is 2.51. The second kappa shape index (κ2) is 5.55. The molecule has 1 atom stereocenters. The Morgan fingerprint density at radius 3 is 2.57 bits per heavy atom. The maximum atomic E-state index is 11.7.